The first-order valence-electron chi connectivity index (χ1n) is 15.9. The standard InChI is InChI=1S/C39H39N3O2/c1-26(2)32-25-24-27(3)33-35(32)40-41(36(33)28-16-8-4-9-17-28)39(43)34-37(29-18-10-5-11-19-29)42(31-22-14-7-15-23-31)44-38(34)30-20-12-6-13-21-30/h4-23,26-27,32,34,37-38H,24-25H2,1-3H3/t27-,32-,34+,37+,38+/m1/s1. The van der Waals surface area contributed by atoms with Gasteiger partial charge in [0.05, 0.1) is 23.1 Å². The van der Waals surface area contributed by atoms with E-state index in [4.69, 9.17) is 9.94 Å². The van der Waals surface area contributed by atoms with E-state index < -0.39 is 12.0 Å². The van der Waals surface area contributed by atoms with Crippen molar-refractivity contribution in [3.8, 4) is 11.3 Å². The summed E-state index contributed by atoms with van der Waals surface area (Å²) in [5, 5.41) is 7.22. The largest absolute Gasteiger partial charge is 0.272 e. The fourth-order valence-electron chi connectivity index (χ4n) is 7.27. The maximum absolute atomic E-state index is 15.4. The molecule has 1 saturated heterocycles. The highest BCUT2D eigenvalue weighted by molar-refractivity contribution is 5.89. The molecule has 2 heterocycles. The molecule has 0 radical (unpaired) electrons. The van der Waals surface area contributed by atoms with E-state index in [1.54, 1.807) is 4.68 Å². The smallest absolute Gasteiger partial charge is 0.256 e. The Morgan fingerprint density at radius 1 is 0.773 bits per heavy atom. The van der Waals surface area contributed by atoms with Gasteiger partial charge in [-0.2, -0.15) is 9.78 Å². The number of para-hydroxylation sites is 1. The zero-order valence-electron chi connectivity index (χ0n) is 25.6. The Labute approximate surface area is 260 Å². The monoisotopic (exact) mass is 581 g/mol. The van der Waals surface area contributed by atoms with E-state index >= 15 is 4.79 Å². The Balaban J connectivity index is 1.45. The van der Waals surface area contributed by atoms with E-state index in [2.05, 4.69) is 57.2 Å². The third-order valence-corrected chi connectivity index (χ3v) is 9.48. The number of benzene rings is 4. The van der Waals surface area contributed by atoms with Crippen LogP contribution in [0.2, 0.25) is 0 Å². The summed E-state index contributed by atoms with van der Waals surface area (Å²) in [6, 6.07) is 40.5. The predicted molar refractivity (Wildman–Crippen MR) is 175 cm³/mol. The van der Waals surface area contributed by atoms with E-state index in [-0.39, 0.29) is 11.9 Å². The lowest BCUT2D eigenvalue weighted by atomic mass is 9.75. The van der Waals surface area contributed by atoms with Crippen LogP contribution < -0.4 is 5.06 Å². The third-order valence-electron chi connectivity index (χ3n) is 9.48. The summed E-state index contributed by atoms with van der Waals surface area (Å²) in [6.07, 6.45) is 1.67. The second kappa shape index (κ2) is 11.9. The van der Waals surface area contributed by atoms with Crippen molar-refractivity contribution in [1.82, 2.24) is 9.78 Å². The average Bonchev–Trinajstić information content (AvgIpc) is 3.67. The van der Waals surface area contributed by atoms with Crippen LogP contribution in [0.25, 0.3) is 11.3 Å². The quantitative estimate of drug-likeness (QED) is 0.200. The Kier molecular flexibility index (Phi) is 7.65. The van der Waals surface area contributed by atoms with Gasteiger partial charge in [-0.15, -0.1) is 0 Å². The van der Waals surface area contributed by atoms with Gasteiger partial charge < -0.3 is 0 Å². The average molecular weight is 582 g/mol. The van der Waals surface area contributed by atoms with Crippen LogP contribution in [-0.2, 0) is 4.84 Å². The van der Waals surface area contributed by atoms with Crippen LogP contribution in [0.1, 0.15) is 84.8 Å². The maximum atomic E-state index is 15.4. The zero-order chi connectivity index (χ0) is 30.2. The molecule has 7 rings (SSSR count). The molecule has 222 valence electrons. The number of aromatic nitrogens is 2. The highest BCUT2D eigenvalue weighted by Gasteiger charge is 2.51. The number of hydrogen-bond acceptors (Lipinski definition) is 4. The van der Waals surface area contributed by atoms with Crippen molar-refractivity contribution in [3.05, 3.63) is 144 Å². The molecule has 2 aliphatic rings. The molecule has 0 N–H and O–H groups in total. The Bertz CT molecular complexity index is 1720. The summed E-state index contributed by atoms with van der Waals surface area (Å²) in [4.78, 5) is 22.2. The summed E-state index contributed by atoms with van der Waals surface area (Å²) in [7, 11) is 0. The van der Waals surface area contributed by atoms with E-state index in [1.165, 1.54) is 5.56 Å². The molecule has 0 saturated carbocycles. The summed E-state index contributed by atoms with van der Waals surface area (Å²) >= 11 is 0. The van der Waals surface area contributed by atoms with E-state index in [0.717, 1.165) is 46.6 Å². The molecule has 5 nitrogen and oxygen atoms in total. The molecular formula is C39H39N3O2. The molecule has 1 aliphatic carbocycles. The lowest BCUT2D eigenvalue weighted by Gasteiger charge is -2.29. The van der Waals surface area contributed by atoms with E-state index in [9.17, 15) is 0 Å². The van der Waals surface area contributed by atoms with Crippen LogP contribution in [-0.4, -0.2) is 15.7 Å². The van der Waals surface area contributed by atoms with Gasteiger partial charge in [-0.1, -0.05) is 130 Å². The van der Waals surface area contributed by atoms with Crippen LogP contribution in [0, 0.1) is 11.8 Å². The van der Waals surface area contributed by atoms with Gasteiger partial charge in [0.25, 0.3) is 5.91 Å². The van der Waals surface area contributed by atoms with Gasteiger partial charge in [-0.3, -0.25) is 9.63 Å². The maximum Gasteiger partial charge on any atom is 0.256 e. The topological polar surface area (TPSA) is 47.4 Å². The van der Waals surface area contributed by atoms with Crippen molar-refractivity contribution in [2.24, 2.45) is 11.8 Å². The van der Waals surface area contributed by atoms with Gasteiger partial charge in [0.2, 0.25) is 0 Å². The van der Waals surface area contributed by atoms with Crippen molar-refractivity contribution < 1.29 is 9.63 Å². The second-order valence-corrected chi connectivity index (χ2v) is 12.6. The molecule has 1 fully saturated rings. The van der Waals surface area contributed by atoms with Crippen LogP contribution in [0.15, 0.2) is 121 Å². The minimum absolute atomic E-state index is 0.0471. The van der Waals surface area contributed by atoms with Crippen LogP contribution in [0.5, 0.6) is 0 Å². The van der Waals surface area contributed by atoms with Gasteiger partial charge in [0.15, 0.2) is 0 Å². The number of nitrogens with zero attached hydrogens (tertiary/aromatic N) is 3. The van der Waals surface area contributed by atoms with Crippen molar-refractivity contribution in [2.75, 3.05) is 5.06 Å². The molecule has 5 heteroatoms. The van der Waals surface area contributed by atoms with Crippen molar-refractivity contribution in [1.29, 1.82) is 0 Å². The molecule has 0 unspecified atom stereocenters. The molecule has 1 aliphatic heterocycles. The van der Waals surface area contributed by atoms with Gasteiger partial charge in [0.1, 0.15) is 12.0 Å². The molecule has 0 amide bonds. The van der Waals surface area contributed by atoms with Crippen LogP contribution in [0.3, 0.4) is 0 Å². The number of carbonyl (C=O) groups is 1. The SMILES string of the molecule is CC(C)[C@H]1CC[C@@H](C)c2c1nn(C(=O)[C@@H]1[C@H](c3ccccc3)ON(c3ccccc3)[C@H]1c1ccccc1)c2-c1ccccc1. The predicted octanol–water partition coefficient (Wildman–Crippen LogP) is 9.38. The first-order valence-corrected chi connectivity index (χ1v) is 15.9. The summed E-state index contributed by atoms with van der Waals surface area (Å²) < 4.78 is 1.76. The Morgan fingerprint density at radius 3 is 1.95 bits per heavy atom. The van der Waals surface area contributed by atoms with Gasteiger partial charge in [0, 0.05) is 17.0 Å². The van der Waals surface area contributed by atoms with Crippen molar-refractivity contribution in [3.63, 3.8) is 0 Å². The molecule has 1 aromatic heterocycles. The first kappa shape index (κ1) is 28.3. The lowest BCUT2D eigenvalue weighted by molar-refractivity contribution is 0.0542. The number of fused-ring (bicyclic) bond motifs is 1. The highest BCUT2D eigenvalue weighted by Crippen LogP contribution is 2.51. The molecule has 0 bridgehead atoms. The minimum Gasteiger partial charge on any atom is -0.272 e. The van der Waals surface area contributed by atoms with Gasteiger partial charge in [-0.25, -0.2) is 5.06 Å². The van der Waals surface area contributed by atoms with Crippen molar-refractivity contribution >= 4 is 11.6 Å². The van der Waals surface area contributed by atoms with Crippen LogP contribution in [0.4, 0.5) is 5.69 Å². The Hall–Kier alpha value is -4.48. The number of hydrogen-bond donors (Lipinski definition) is 0. The highest BCUT2D eigenvalue weighted by atomic mass is 16.7. The molecule has 44 heavy (non-hydrogen) atoms. The fraction of sp³-hybridized carbons (Fsp3) is 0.282. The lowest BCUT2D eigenvalue weighted by Crippen LogP contribution is -2.32. The molecule has 5 atom stereocenters. The number of rotatable bonds is 6. The zero-order valence-corrected chi connectivity index (χ0v) is 25.6. The fourth-order valence-corrected chi connectivity index (χ4v) is 7.27. The number of carbonyl (C=O) groups excluding carboxylic acids is 1. The molecular weight excluding hydrogens is 542 g/mol. The summed E-state index contributed by atoms with van der Waals surface area (Å²) in [5.41, 5.74) is 7.17. The first-order chi connectivity index (χ1) is 21.5. The summed E-state index contributed by atoms with van der Waals surface area (Å²) in [6.45, 7) is 6.83. The molecule has 5 aromatic rings. The normalized spacial score (nSPS) is 23.1. The van der Waals surface area contributed by atoms with Crippen molar-refractivity contribution in [2.45, 2.75) is 57.6 Å². The minimum atomic E-state index is -0.559. The molecule has 4 aromatic carbocycles. The van der Waals surface area contributed by atoms with E-state index in [1.807, 2.05) is 90.0 Å². The van der Waals surface area contributed by atoms with Gasteiger partial charge in [-0.05, 0) is 47.9 Å². The second-order valence-electron chi connectivity index (χ2n) is 12.6. The number of anilines is 1. The van der Waals surface area contributed by atoms with Crippen LogP contribution >= 0.6 is 0 Å². The molecule has 0 spiro atoms. The summed E-state index contributed by atoms with van der Waals surface area (Å²) in [5.74, 6) is 0.451. The van der Waals surface area contributed by atoms with E-state index in [0.29, 0.717) is 17.8 Å². The number of hydroxylamine groups is 1. The Morgan fingerprint density at radius 2 is 1.34 bits per heavy atom. The third kappa shape index (κ3) is 4.95. The van der Waals surface area contributed by atoms with Gasteiger partial charge >= 0.3 is 0 Å².